The van der Waals surface area contributed by atoms with Gasteiger partial charge in [0, 0.05) is 23.6 Å². The lowest BCUT2D eigenvalue weighted by Gasteiger charge is -2.18. The molecular formula is C17H10F6N2O3S. The summed E-state index contributed by atoms with van der Waals surface area (Å²) in [5.74, 6) is -5.34. The number of alkyl halides is 5. The third-order valence-corrected chi connectivity index (χ3v) is 5.82. The highest BCUT2D eigenvalue weighted by molar-refractivity contribution is 7.92. The number of hydrogen-bond donors (Lipinski definition) is 1. The molecule has 2 aromatic rings. The third kappa shape index (κ3) is 3.51. The molecule has 12 heteroatoms. The van der Waals surface area contributed by atoms with Crippen LogP contribution in [0.3, 0.4) is 0 Å². The summed E-state index contributed by atoms with van der Waals surface area (Å²) in [4.78, 5) is -1.39. The molecule has 0 saturated carbocycles. The molecule has 0 aliphatic heterocycles. The average molecular weight is 436 g/mol. The van der Waals surface area contributed by atoms with Gasteiger partial charge in [0.25, 0.3) is 15.8 Å². The number of ether oxygens (including phenoxy) is 1. The molecule has 0 spiro atoms. The second-order valence-corrected chi connectivity index (χ2v) is 8.12. The van der Waals surface area contributed by atoms with E-state index in [1.165, 1.54) is 0 Å². The van der Waals surface area contributed by atoms with E-state index in [0.717, 1.165) is 24.3 Å². The Morgan fingerprint density at radius 2 is 1.86 bits per heavy atom. The van der Waals surface area contributed by atoms with Gasteiger partial charge in [-0.2, -0.15) is 18.4 Å². The van der Waals surface area contributed by atoms with E-state index >= 15 is 0 Å². The minimum atomic E-state index is -5.96. The number of rotatable bonds is 3. The highest BCUT2D eigenvalue weighted by atomic mass is 32.2. The molecule has 0 bridgehead atoms. The summed E-state index contributed by atoms with van der Waals surface area (Å²) in [7, 11) is -5.96. The van der Waals surface area contributed by atoms with Crippen molar-refractivity contribution in [1.82, 2.24) is 0 Å². The summed E-state index contributed by atoms with van der Waals surface area (Å²) < 4.78 is 110. The number of benzene rings is 2. The molecule has 3 rings (SSSR count). The molecular weight excluding hydrogens is 426 g/mol. The lowest BCUT2D eigenvalue weighted by atomic mass is 10.1. The SMILES string of the molecule is N#Cc1cc(F)cc(Oc2ccc(S(=O)(=O)C(F)(F)F)c3c2CC(F)(F)C3N)c1. The van der Waals surface area contributed by atoms with Crippen LogP contribution in [0.15, 0.2) is 35.2 Å². The van der Waals surface area contributed by atoms with Gasteiger partial charge in [0.2, 0.25) is 0 Å². The number of sulfone groups is 1. The van der Waals surface area contributed by atoms with Crippen molar-refractivity contribution in [3.8, 4) is 17.6 Å². The van der Waals surface area contributed by atoms with E-state index in [-0.39, 0.29) is 11.3 Å². The van der Waals surface area contributed by atoms with Crippen molar-refractivity contribution in [1.29, 1.82) is 5.26 Å². The van der Waals surface area contributed by atoms with Crippen molar-refractivity contribution in [2.75, 3.05) is 0 Å². The molecule has 0 saturated heterocycles. The Balaban J connectivity index is 2.19. The summed E-state index contributed by atoms with van der Waals surface area (Å²) >= 11 is 0. The van der Waals surface area contributed by atoms with Crippen LogP contribution in [-0.2, 0) is 16.3 Å². The summed E-state index contributed by atoms with van der Waals surface area (Å²) in [5.41, 5.74) is -1.99. The van der Waals surface area contributed by atoms with Crippen molar-refractivity contribution in [2.45, 2.75) is 28.8 Å². The summed E-state index contributed by atoms with van der Waals surface area (Å²) in [6, 6.07) is 3.31. The zero-order valence-electron chi connectivity index (χ0n) is 14.1. The standard InChI is InChI=1S/C17H10F6N2O3S/c18-9-3-8(7-24)4-10(5-9)28-12-1-2-13(29(26,27)17(21,22)23)14-11(12)6-16(19,20)15(14)25/h1-5,15H,6,25H2. The number of nitriles is 1. The van der Waals surface area contributed by atoms with E-state index < -0.39 is 61.3 Å². The van der Waals surface area contributed by atoms with Gasteiger partial charge in [0.15, 0.2) is 0 Å². The summed E-state index contributed by atoms with van der Waals surface area (Å²) in [6.45, 7) is 0. The van der Waals surface area contributed by atoms with Crippen molar-refractivity contribution >= 4 is 9.84 Å². The predicted octanol–water partition coefficient (Wildman–Crippen LogP) is 3.97. The Hall–Kier alpha value is -2.78. The van der Waals surface area contributed by atoms with Crippen molar-refractivity contribution in [3.05, 3.63) is 52.8 Å². The normalized spacial score (nSPS) is 18.2. The van der Waals surface area contributed by atoms with Gasteiger partial charge in [-0.15, -0.1) is 0 Å². The maximum absolute atomic E-state index is 14.1. The first kappa shape index (κ1) is 20.9. The van der Waals surface area contributed by atoms with Crippen LogP contribution < -0.4 is 10.5 Å². The lowest BCUT2D eigenvalue weighted by molar-refractivity contribution is -0.0439. The molecule has 5 nitrogen and oxygen atoms in total. The first-order valence-corrected chi connectivity index (χ1v) is 9.25. The van der Waals surface area contributed by atoms with Gasteiger partial charge < -0.3 is 10.5 Å². The molecule has 1 aliphatic carbocycles. The van der Waals surface area contributed by atoms with Crippen LogP contribution in [0.5, 0.6) is 11.5 Å². The molecule has 1 atom stereocenters. The van der Waals surface area contributed by atoms with E-state index in [0.29, 0.717) is 6.07 Å². The van der Waals surface area contributed by atoms with E-state index in [1.54, 1.807) is 6.07 Å². The minimum Gasteiger partial charge on any atom is -0.457 e. The van der Waals surface area contributed by atoms with Crippen LogP contribution in [0.2, 0.25) is 0 Å². The van der Waals surface area contributed by atoms with Crippen LogP contribution in [0.4, 0.5) is 26.3 Å². The zero-order valence-corrected chi connectivity index (χ0v) is 14.9. The molecule has 0 radical (unpaired) electrons. The molecule has 0 fully saturated rings. The second-order valence-electron chi connectivity index (χ2n) is 6.21. The minimum absolute atomic E-state index is 0.157. The quantitative estimate of drug-likeness (QED) is 0.735. The molecule has 1 aliphatic rings. The van der Waals surface area contributed by atoms with E-state index in [1.807, 2.05) is 0 Å². The largest absolute Gasteiger partial charge is 0.501 e. The van der Waals surface area contributed by atoms with Crippen LogP contribution in [0.25, 0.3) is 0 Å². The maximum Gasteiger partial charge on any atom is 0.501 e. The zero-order chi connectivity index (χ0) is 21.8. The molecule has 2 aromatic carbocycles. The molecule has 1 unspecified atom stereocenters. The Labute approximate surface area is 160 Å². The highest BCUT2D eigenvalue weighted by Gasteiger charge is 2.54. The Bertz CT molecular complexity index is 1140. The first-order chi connectivity index (χ1) is 13.3. The molecule has 2 N–H and O–H groups in total. The molecule has 29 heavy (non-hydrogen) atoms. The van der Waals surface area contributed by atoms with Gasteiger partial charge in [0.1, 0.15) is 17.3 Å². The smallest absolute Gasteiger partial charge is 0.457 e. The van der Waals surface area contributed by atoms with Gasteiger partial charge in [-0.1, -0.05) is 0 Å². The average Bonchev–Trinajstić information content (AvgIpc) is 2.84. The first-order valence-electron chi connectivity index (χ1n) is 7.77. The Kier molecular flexibility index (Phi) is 4.79. The van der Waals surface area contributed by atoms with E-state index in [4.69, 9.17) is 15.7 Å². The van der Waals surface area contributed by atoms with Crippen LogP contribution >= 0.6 is 0 Å². The number of hydrogen-bond acceptors (Lipinski definition) is 5. The number of fused-ring (bicyclic) bond motifs is 1. The van der Waals surface area contributed by atoms with Crippen LogP contribution in [0.1, 0.15) is 22.7 Å². The van der Waals surface area contributed by atoms with Gasteiger partial charge in [-0.25, -0.2) is 21.6 Å². The van der Waals surface area contributed by atoms with Crippen molar-refractivity contribution in [3.63, 3.8) is 0 Å². The lowest BCUT2D eigenvalue weighted by Crippen LogP contribution is -2.31. The van der Waals surface area contributed by atoms with Gasteiger partial charge in [-0.3, -0.25) is 0 Å². The molecule has 154 valence electrons. The predicted molar refractivity (Wildman–Crippen MR) is 86.5 cm³/mol. The van der Waals surface area contributed by atoms with Crippen LogP contribution in [-0.4, -0.2) is 19.8 Å². The number of nitrogens with two attached hydrogens (primary N) is 1. The van der Waals surface area contributed by atoms with Gasteiger partial charge in [-0.05, 0) is 24.3 Å². The fraction of sp³-hybridized carbons (Fsp3) is 0.235. The monoisotopic (exact) mass is 436 g/mol. The van der Waals surface area contributed by atoms with Crippen LogP contribution in [0, 0.1) is 17.1 Å². The van der Waals surface area contributed by atoms with Gasteiger partial charge >= 0.3 is 5.51 Å². The summed E-state index contributed by atoms with van der Waals surface area (Å²) in [5, 5.41) is 8.85. The fourth-order valence-electron chi connectivity index (χ4n) is 2.97. The van der Waals surface area contributed by atoms with E-state index in [2.05, 4.69) is 0 Å². The summed E-state index contributed by atoms with van der Waals surface area (Å²) in [6.07, 6.45) is -1.18. The number of halogens is 6. The maximum atomic E-state index is 14.1. The highest BCUT2D eigenvalue weighted by Crippen LogP contribution is 2.50. The fourth-order valence-corrected chi connectivity index (χ4v) is 4.01. The number of nitrogens with zero attached hydrogens (tertiary/aromatic N) is 1. The van der Waals surface area contributed by atoms with Crippen molar-refractivity contribution < 1.29 is 39.5 Å². The molecule has 0 heterocycles. The Morgan fingerprint density at radius 3 is 2.45 bits per heavy atom. The third-order valence-electron chi connectivity index (χ3n) is 4.28. The molecule has 0 aromatic heterocycles. The van der Waals surface area contributed by atoms with Crippen molar-refractivity contribution in [2.24, 2.45) is 5.73 Å². The van der Waals surface area contributed by atoms with Gasteiger partial charge in [0.05, 0.1) is 22.6 Å². The topological polar surface area (TPSA) is 93.2 Å². The van der Waals surface area contributed by atoms with E-state index in [9.17, 15) is 34.8 Å². The second kappa shape index (κ2) is 6.64. The molecule has 0 amide bonds. The Morgan fingerprint density at radius 1 is 1.21 bits per heavy atom.